The molecular weight excluding hydrogens is 983 g/mol. The van der Waals surface area contributed by atoms with E-state index in [0.717, 1.165) is 51.4 Å². The molecule has 80 heavy (non-hydrogen) atoms. The molecule has 474 valence electrons. The van der Waals surface area contributed by atoms with Crippen molar-refractivity contribution in [2.75, 3.05) is 13.2 Å². The molecule has 0 saturated carbocycles. The fourth-order valence-electron chi connectivity index (χ4n) is 11.7. The van der Waals surface area contributed by atoms with Crippen molar-refractivity contribution >= 4 is 11.9 Å². The summed E-state index contributed by atoms with van der Waals surface area (Å²) in [4.78, 5) is 24.6. The van der Waals surface area contributed by atoms with Gasteiger partial charge < -0.3 is 20.3 Å². The minimum Gasteiger partial charge on any atom is -0.466 e. The Balaban J connectivity index is 3.34. The van der Waals surface area contributed by atoms with Gasteiger partial charge in [-0.2, -0.15) is 0 Å². The lowest BCUT2D eigenvalue weighted by Crippen LogP contribution is -2.45. The van der Waals surface area contributed by atoms with Gasteiger partial charge in [0, 0.05) is 12.8 Å². The number of hydrogen-bond acceptors (Lipinski definition) is 5. The van der Waals surface area contributed by atoms with Gasteiger partial charge in [0.1, 0.15) is 0 Å². The van der Waals surface area contributed by atoms with Crippen LogP contribution in [0.15, 0.2) is 24.3 Å². The van der Waals surface area contributed by atoms with Crippen LogP contribution < -0.4 is 5.32 Å². The Kier molecular flexibility index (Phi) is 68.4. The normalized spacial score (nSPS) is 12.6. The number of unbranched alkanes of at least 4 members (excludes halogenated alkanes) is 54. The number of hydrogen-bond donors (Lipinski definition) is 3. The van der Waals surface area contributed by atoms with E-state index < -0.39 is 12.1 Å². The zero-order chi connectivity index (χ0) is 57.8. The van der Waals surface area contributed by atoms with E-state index >= 15 is 0 Å². The highest BCUT2D eigenvalue weighted by molar-refractivity contribution is 5.76. The van der Waals surface area contributed by atoms with Crippen LogP contribution in [0.2, 0.25) is 0 Å². The predicted molar refractivity (Wildman–Crippen MR) is 352 cm³/mol. The third kappa shape index (κ3) is 65.5. The molecule has 0 bridgehead atoms. The molecule has 0 aromatic rings. The van der Waals surface area contributed by atoms with Crippen molar-refractivity contribution in [1.29, 1.82) is 0 Å². The van der Waals surface area contributed by atoms with E-state index in [2.05, 4.69) is 43.5 Å². The molecule has 0 rings (SSSR count). The molecule has 0 aromatic heterocycles. The Labute approximate surface area is 501 Å². The second-order valence-corrected chi connectivity index (χ2v) is 25.3. The van der Waals surface area contributed by atoms with Crippen molar-refractivity contribution in [1.82, 2.24) is 5.32 Å². The molecule has 0 spiro atoms. The molecule has 0 radical (unpaired) electrons. The maximum atomic E-state index is 12.5. The summed E-state index contributed by atoms with van der Waals surface area (Å²) in [6.45, 7) is 4.98. The van der Waals surface area contributed by atoms with Gasteiger partial charge in [-0.25, -0.2) is 0 Å². The summed E-state index contributed by atoms with van der Waals surface area (Å²) in [5.41, 5.74) is 0. The molecule has 2 atom stereocenters. The first-order chi connectivity index (χ1) is 39.5. The second-order valence-electron chi connectivity index (χ2n) is 25.3. The molecule has 0 aliphatic rings. The number of ether oxygens (including phenoxy) is 1. The monoisotopic (exact) mass is 1130 g/mol. The number of carbonyl (C=O) groups excluding carboxylic acids is 2. The van der Waals surface area contributed by atoms with Gasteiger partial charge in [-0.3, -0.25) is 9.59 Å². The lowest BCUT2D eigenvalue weighted by molar-refractivity contribution is -0.143. The molecule has 0 aromatic carbocycles. The van der Waals surface area contributed by atoms with E-state index in [1.165, 1.54) is 327 Å². The molecule has 1 amide bonds. The van der Waals surface area contributed by atoms with Crippen LogP contribution in [0.3, 0.4) is 0 Å². The average molecular weight is 1130 g/mol. The maximum absolute atomic E-state index is 12.5. The zero-order valence-corrected chi connectivity index (χ0v) is 54.3. The van der Waals surface area contributed by atoms with Gasteiger partial charge in [0.2, 0.25) is 5.91 Å². The third-order valence-electron chi connectivity index (χ3n) is 17.3. The summed E-state index contributed by atoms with van der Waals surface area (Å²) in [6, 6.07) is -0.540. The van der Waals surface area contributed by atoms with Crippen molar-refractivity contribution in [2.45, 2.75) is 424 Å². The van der Waals surface area contributed by atoms with Crippen LogP contribution in [0.25, 0.3) is 0 Å². The standard InChI is InChI=1S/C74H143NO5/c1-3-5-7-9-11-13-15-17-19-21-34-38-42-46-50-54-58-62-66-72(77)71(70-76)75-73(78)67-63-59-55-51-47-43-39-35-32-30-28-26-24-23-25-27-29-31-33-37-41-45-49-53-57-61-65-69-80-74(79)68-64-60-56-52-48-44-40-36-22-20-18-16-14-12-10-8-6-4-2/h14,16,20,22,71-72,76-77H,3-13,15,17-19,21,23-70H2,1-2H3,(H,75,78)/b16-14-,22-20-. The van der Waals surface area contributed by atoms with Gasteiger partial charge in [-0.1, -0.05) is 366 Å². The SMILES string of the molecule is CCCCCC/C=C\C/C=C\CCCCCCCCCC(=O)OCCCCCCCCCCCCCCCCCCCCCCCCCCCCCC(=O)NC(CO)C(O)CCCCCCCCCCCCCCCCCCCC. The van der Waals surface area contributed by atoms with Gasteiger partial charge >= 0.3 is 5.97 Å². The largest absolute Gasteiger partial charge is 0.466 e. The van der Waals surface area contributed by atoms with E-state index in [1.54, 1.807) is 0 Å². The summed E-state index contributed by atoms with van der Waals surface area (Å²) in [5, 5.41) is 23.4. The number of amides is 1. The lowest BCUT2D eigenvalue weighted by atomic mass is 10.0. The van der Waals surface area contributed by atoms with Crippen LogP contribution in [0.1, 0.15) is 412 Å². The summed E-state index contributed by atoms with van der Waals surface area (Å²) < 4.78 is 5.51. The highest BCUT2D eigenvalue weighted by Crippen LogP contribution is 2.19. The van der Waals surface area contributed by atoms with E-state index in [9.17, 15) is 19.8 Å². The van der Waals surface area contributed by atoms with Crippen LogP contribution in [0.5, 0.6) is 0 Å². The van der Waals surface area contributed by atoms with E-state index in [4.69, 9.17) is 4.74 Å². The van der Waals surface area contributed by atoms with E-state index in [1.807, 2.05) is 0 Å². The molecule has 2 unspecified atom stereocenters. The number of rotatable bonds is 69. The number of esters is 1. The molecule has 0 saturated heterocycles. The first-order valence-corrected chi connectivity index (χ1v) is 36.6. The number of nitrogens with one attached hydrogen (secondary N) is 1. The number of carbonyl (C=O) groups is 2. The van der Waals surface area contributed by atoms with E-state index in [-0.39, 0.29) is 18.5 Å². The molecule has 0 aliphatic carbocycles. The Morgan fingerprint density at radius 1 is 0.350 bits per heavy atom. The predicted octanol–water partition coefficient (Wildman–Crippen LogP) is 23.7. The molecular formula is C74H143NO5. The van der Waals surface area contributed by atoms with Gasteiger partial charge in [0.15, 0.2) is 0 Å². The fraction of sp³-hybridized carbons (Fsp3) is 0.919. The first kappa shape index (κ1) is 78.3. The van der Waals surface area contributed by atoms with Crippen molar-refractivity contribution in [3.63, 3.8) is 0 Å². The summed E-state index contributed by atoms with van der Waals surface area (Å²) >= 11 is 0. The van der Waals surface area contributed by atoms with Crippen molar-refractivity contribution < 1.29 is 24.5 Å². The van der Waals surface area contributed by atoms with Crippen LogP contribution in [-0.2, 0) is 14.3 Å². The first-order valence-electron chi connectivity index (χ1n) is 36.6. The smallest absolute Gasteiger partial charge is 0.305 e. The van der Waals surface area contributed by atoms with E-state index in [0.29, 0.717) is 25.9 Å². The van der Waals surface area contributed by atoms with Gasteiger partial charge in [-0.05, 0) is 57.8 Å². The zero-order valence-electron chi connectivity index (χ0n) is 54.3. The number of aliphatic hydroxyl groups excluding tert-OH is 2. The molecule has 0 heterocycles. The summed E-state index contributed by atoms with van der Waals surface area (Å²) in [5.74, 6) is -0.0166. The van der Waals surface area contributed by atoms with Crippen LogP contribution in [-0.4, -0.2) is 47.4 Å². The molecule has 6 heteroatoms. The van der Waals surface area contributed by atoms with Gasteiger partial charge in [-0.15, -0.1) is 0 Å². The maximum Gasteiger partial charge on any atom is 0.305 e. The number of allylic oxidation sites excluding steroid dienone is 4. The Hall–Kier alpha value is -1.66. The van der Waals surface area contributed by atoms with Crippen LogP contribution >= 0.6 is 0 Å². The highest BCUT2D eigenvalue weighted by atomic mass is 16.5. The van der Waals surface area contributed by atoms with Crippen molar-refractivity contribution in [3.05, 3.63) is 24.3 Å². The lowest BCUT2D eigenvalue weighted by Gasteiger charge is -2.22. The van der Waals surface area contributed by atoms with Crippen LogP contribution in [0, 0.1) is 0 Å². The Morgan fingerprint density at radius 2 is 0.625 bits per heavy atom. The van der Waals surface area contributed by atoms with Gasteiger partial charge in [0.25, 0.3) is 0 Å². The molecule has 3 N–H and O–H groups in total. The highest BCUT2D eigenvalue weighted by Gasteiger charge is 2.20. The minimum atomic E-state index is -0.663. The topological polar surface area (TPSA) is 95.9 Å². The number of aliphatic hydroxyl groups is 2. The summed E-state index contributed by atoms with van der Waals surface area (Å²) in [6.07, 6.45) is 88.0. The molecule has 6 nitrogen and oxygen atoms in total. The molecule has 0 aliphatic heterocycles. The fourth-order valence-corrected chi connectivity index (χ4v) is 11.7. The third-order valence-corrected chi connectivity index (χ3v) is 17.3. The Morgan fingerprint density at radius 3 is 0.963 bits per heavy atom. The van der Waals surface area contributed by atoms with Crippen molar-refractivity contribution in [3.8, 4) is 0 Å². The molecule has 0 fully saturated rings. The summed E-state index contributed by atoms with van der Waals surface area (Å²) in [7, 11) is 0. The van der Waals surface area contributed by atoms with Crippen LogP contribution in [0.4, 0.5) is 0 Å². The second kappa shape index (κ2) is 69.8. The van der Waals surface area contributed by atoms with Gasteiger partial charge in [0.05, 0.1) is 25.4 Å². The van der Waals surface area contributed by atoms with Crippen molar-refractivity contribution in [2.24, 2.45) is 0 Å². The minimum absolute atomic E-state index is 0.0116. The Bertz CT molecular complexity index is 1250. The average Bonchev–Trinajstić information content (AvgIpc) is 3.46. The quantitative estimate of drug-likeness (QED) is 0.0320.